The highest BCUT2D eigenvalue weighted by Crippen LogP contribution is 2.27. The molecule has 0 aliphatic rings. The highest BCUT2D eigenvalue weighted by Gasteiger charge is 2.13. The van der Waals surface area contributed by atoms with Gasteiger partial charge < -0.3 is 20.3 Å². The summed E-state index contributed by atoms with van der Waals surface area (Å²) in [6.07, 6.45) is 0. The predicted molar refractivity (Wildman–Crippen MR) is 69.4 cm³/mol. The van der Waals surface area contributed by atoms with Crippen molar-refractivity contribution < 1.29 is 9.63 Å². The summed E-state index contributed by atoms with van der Waals surface area (Å²) in [6, 6.07) is 4.80. The fourth-order valence-corrected chi connectivity index (χ4v) is 1.66. The zero-order valence-electron chi connectivity index (χ0n) is 10.4. The molecule has 6 nitrogen and oxygen atoms in total. The van der Waals surface area contributed by atoms with E-state index < -0.39 is 0 Å². The number of hydrogen-bond acceptors (Lipinski definition) is 6. The third kappa shape index (κ3) is 2.22. The molecule has 0 saturated carbocycles. The third-order valence-corrected chi connectivity index (χ3v) is 2.74. The Balaban J connectivity index is 2.31. The average molecular weight is 248 g/mol. The first-order valence-corrected chi connectivity index (χ1v) is 5.83. The van der Waals surface area contributed by atoms with Crippen LogP contribution in [0.4, 0.5) is 11.6 Å². The Morgan fingerprint density at radius 1 is 1.33 bits per heavy atom. The maximum atomic E-state index is 9.36. The van der Waals surface area contributed by atoms with Gasteiger partial charge in [0, 0.05) is 18.7 Å². The number of hydrogen-bond donors (Lipinski definition) is 2. The molecular formula is C12H16N4O2. The lowest BCUT2D eigenvalue weighted by Crippen LogP contribution is -2.22. The van der Waals surface area contributed by atoms with Gasteiger partial charge in [0.25, 0.3) is 11.8 Å². The number of nitrogens with zero attached hydrogens (tertiary/aromatic N) is 3. The van der Waals surface area contributed by atoms with Crippen molar-refractivity contribution in [2.75, 3.05) is 23.7 Å². The minimum absolute atomic E-state index is 0.0437. The summed E-state index contributed by atoms with van der Waals surface area (Å²) in [7, 11) is 0. The van der Waals surface area contributed by atoms with E-state index in [2.05, 4.69) is 10.1 Å². The maximum Gasteiger partial charge on any atom is 0.266 e. The largest absolute Gasteiger partial charge is 0.506 e. The van der Waals surface area contributed by atoms with E-state index in [0.717, 1.165) is 13.1 Å². The summed E-state index contributed by atoms with van der Waals surface area (Å²) in [6.45, 7) is 5.68. The Hall–Kier alpha value is -2.24. The van der Waals surface area contributed by atoms with Gasteiger partial charge in [-0.3, -0.25) is 0 Å². The Kier molecular flexibility index (Phi) is 3.36. The molecule has 0 aliphatic heterocycles. The highest BCUT2D eigenvalue weighted by atomic mass is 16.5. The molecule has 0 saturated heterocycles. The topological polar surface area (TPSA) is 88.4 Å². The molecule has 0 unspecified atom stereocenters. The first kappa shape index (κ1) is 12.2. The maximum absolute atomic E-state index is 9.36. The number of aromatic hydroxyl groups is 1. The summed E-state index contributed by atoms with van der Waals surface area (Å²) in [5.41, 5.74) is 6.60. The van der Waals surface area contributed by atoms with Crippen LogP contribution in [-0.2, 0) is 0 Å². The van der Waals surface area contributed by atoms with E-state index in [1.807, 2.05) is 18.7 Å². The molecule has 1 aromatic carbocycles. The highest BCUT2D eigenvalue weighted by molar-refractivity contribution is 5.65. The molecule has 18 heavy (non-hydrogen) atoms. The third-order valence-electron chi connectivity index (χ3n) is 2.74. The molecule has 1 heterocycles. The van der Waals surface area contributed by atoms with Gasteiger partial charge in [-0.15, -0.1) is 0 Å². The van der Waals surface area contributed by atoms with Crippen LogP contribution in [0.2, 0.25) is 0 Å². The van der Waals surface area contributed by atoms with E-state index in [0.29, 0.717) is 17.4 Å². The zero-order chi connectivity index (χ0) is 13.1. The molecule has 2 rings (SSSR count). The monoisotopic (exact) mass is 248 g/mol. The van der Waals surface area contributed by atoms with Crippen LogP contribution in [0.25, 0.3) is 11.5 Å². The number of phenolic OH excluding ortho intramolecular Hbond substituents is 1. The van der Waals surface area contributed by atoms with E-state index in [9.17, 15) is 5.11 Å². The van der Waals surface area contributed by atoms with Crippen molar-refractivity contribution in [2.24, 2.45) is 0 Å². The van der Waals surface area contributed by atoms with Crippen LogP contribution in [0.1, 0.15) is 13.8 Å². The Bertz CT molecular complexity index is 535. The second kappa shape index (κ2) is 4.95. The Morgan fingerprint density at radius 3 is 2.67 bits per heavy atom. The van der Waals surface area contributed by atoms with Gasteiger partial charge in [0.2, 0.25) is 0 Å². The smallest absolute Gasteiger partial charge is 0.266 e. The van der Waals surface area contributed by atoms with Gasteiger partial charge in [0.15, 0.2) is 0 Å². The van der Waals surface area contributed by atoms with Crippen molar-refractivity contribution in [3.63, 3.8) is 0 Å². The van der Waals surface area contributed by atoms with Gasteiger partial charge in [0.05, 0.1) is 5.69 Å². The molecule has 6 heteroatoms. The lowest BCUT2D eigenvalue weighted by atomic mass is 10.2. The van der Waals surface area contributed by atoms with E-state index >= 15 is 0 Å². The van der Waals surface area contributed by atoms with Crippen LogP contribution < -0.4 is 10.6 Å². The molecule has 2 aromatic rings. The fraction of sp³-hybridized carbons (Fsp3) is 0.333. The van der Waals surface area contributed by atoms with Crippen molar-refractivity contribution >= 4 is 11.6 Å². The zero-order valence-corrected chi connectivity index (χ0v) is 10.4. The number of rotatable bonds is 4. The molecule has 0 spiro atoms. The van der Waals surface area contributed by atoms with Gasteiger partial charge in [-0.1, -0.05) is 0 Å². The van der Waals surface area contributed by atoms with E-state index in [4.69, 9.17) is 10.3 Å². The summed E-state index contributed by atoms with van der Waals surface area (Å²) in [5.74, 6) is 0.993. The minimum atomic E-state index is 0.0437. The summed E-state index contributed by atoms with van der Waals surface area (Å²) in [4.78, 5) is 6.29. The number of nitrogens with two attached hydrogens (primary N) is 1. The second-order valence-electron chi connectivity index (χ2n) is 3.85. The predicted octanol–water partition coefficient (Wildman–Crippen LogP) is 1.87. The summed E-state index contributed by atoms with van der Waals surface area (Å²) >= 11 is 0. The van der Waals surface area contributed by atoms with Crippen LogP contribution in [0.5, 0.6) is 5.75 Å². The number of benzene rings is 1. The summed E-state index contributed by atoms with van der Waals surface area (Å²) in [5, 5.41) is 13.3. The van der Waals surface area contributed by atoms with Crippen LogP contribution in [0.15, 0.2) is 22.7 Å². The van der Waals surface area contributed by atoms with Gasteiger partial charge in [-0.2, -0.15) is 4.98 Å². The van der Waals surface area contributed by atoms with Crippen LogP contribution in [0.3, 0.4) is 0 Å². The molecule has 96 valence electrons. The van der Waals surface area contributed by atoms with Crippen molar-refractivity contribution in [1.82, 2.24) is 10.1 Å². The van der Waals surface area contributed by atoms with Crippen LogP contribution in [0, 0.1) is 0 Å². The molecule has 0 amide bonds. The normalized spacial score (nSPS) is 10.6. The first-order chi connectivity index (χ1) is 8.65. The molecule has 3 N–H and O–H groups in total. The van der Waals surface area contributed by atoms with Crippen molar-refractivity contribution in [2.45, 2.75) is 13.8 Å². The molecule has 0 atom stereocenters. The molecular weight excluding hydrogens is 232 g/mol. The number of anilines is 2. The second-order valence-corrected chi connectivity index (χ2v) is 3.85. The van der Waals surface area contributed by atoms with Gasteiger partial charge >= 0.3 is 0 Å². The molecule has 1 aromatic heterocycles. The minimum Gasteiger partial charge on any atom is -0.506 e. The quantitative estimate of drug-likeness (QED) is 0.634. The van der Waals surface area contributed by atoms with Crippen LogP contribution >= 0.6 is 0 Å². The van der Waals surface area contributed by atoms with Gasteiger partial charge in [-0.25, -0.2) is 0 Å². The van der Waals surface area contributed by atoms with Crippen molar-refractivity contribution in [3.8, 4) is 17.2 Å². The van der Waals surface area contributed by atoms with Crippen molar-refractivity contribution in [1.29, 1.82) is 0 Å². The van der Waals surface area contributed by atoms with E-state index in [1.54, 1.807) is 12.1 Å². The lowest BCUT2D eigenvalue weighted by molar-refractivity contribution is 0.429. The standard InChI is InChI=1S/C12H16N4O2/c1-3-16(4-2)12-14-11(18-15-12)8-5-6-10(17)9(13)7-8/h5-7,17H,3-4,13H2,1-2H3. The average Bonchev–Trinajstić information content (AvgIpc) is 2.84. The summed E-state index contributed by atoms with van der Waals surface area (Å²) < 4.78 is 5.19. The lowest BCUT2D eigenvalue weighted by Gasteiger charge is -2.14. The fourth-order valence-electron chi connectivity index (χ4n) is 1.66. The molecule has 0 bridgehead atoms. The Labute approximate surface area is 105 Å². The molecule has 0 aliphatic carbocycles. The van der Waals surface area contributed by atoms with Crippen molar-refractivity contribution in [3.05, 3.63) is 18.2 Å². The van der Waals surface area contributed by atoms with E-state index in [-0.39, 0.29) is 11.4 Å². The molecule has 0 radical (unpaired) electrons. The SMILES string of the molecule is CCN(CC)c1noc(-c2ccc(O)c(N)c2)n1. The Morgan fingerprint density at radius 2 is 2.06 bits per heavy atom. The number of nitrogen functional groups attached to an aromatic ring is 1. The van der Waals surface area contributed by atoms with E-state index in [1.165, 1.54) is 6.07 Å². The number of phenols is 1. The van der Waals surface area contributed by atoms with Gasteiger partial charge in [-0.05, 0) is 37.2 Å². The van der Waals surface area contributed by atoms with Gasteiger partial charge in [0.1, 0.15) is 5.75 Å². The van der Waals surface area contributed by atoms with Crippen LogP contribution in [-0.4, -0.2) is 28.3 Å². The first-order valence-electron chi connectivity index (χ1n) is 5.83. The number of aromatic nitrogens is 2. The molecule has 0 fully saturated rings.